The second-order valence-electron chi connectivity index (χ2n) is 5.87. The average molecular weight is 317 g/mol. The van der Waals surface area contributed by atoms with Gasteiger partial charge >= 0.3 is 0 Å². The monoisotopic (exact) mass is 317 g/mol. The summed E-state index contributed by atoms with van der Waals surface area (Å²) in [5, 5.41) is -0.457. The van der Waals surface area contributed by atoms with Crippen LogP contribution in [0.3, 0.4) is 0 Å². The molecule has 3 rings (SSSR count). The molecule has 1 aliphatic carbocycles. The highest BCUT2D eigenvalue weighted by Gasteiger charge is 2.31. The lowest BCUT2D eigenvalue weighted by Gasteiger charge is -2.25. The molecule has 0 saturated carbocycles. The van der Waals surface area contributed by atoms with Gasteiger partial charge in [0.15, 0.2) is 9.84 Å². The molecule has 4 nitrogen and oxygen atoms in total. The molecular formula is C17H19NO3S. The van der Waals surface area contributed by atoms with E-state index in [9.17, 15) is 13.2 Å². The van der Waals surface area contributed by atoms with E-state index in [0.29, 0.717) is 12.0 Å². The number of pyridine rings is 1. The highest BCUT2D eigenvalue weighted by atomic mass is 32.2. The summed E-state index contributed by atoms with van der Waals surface area (Å²) in [6, 6.07) is 10.9. The zero-order chi connectivity index (χ0) is 15.7. The molecule has 1 atom stereocenters. The number of hydrogen-bond acceptors (Lipinski definition) is 3. The van der Waals surface area contributed by atoms with Crippen molar-refractivity contribution in [3.63, 3.8) is 0 Å². The van der Waals surface area contributed by atoms with Crippen LogP contribution in [0.25, 0.3) is 0 Å². The molecule has 0 aliphatic heterocycles. The highest BCUT2D eigenvalue weighted by molar-refractivity contribution is 7.90. The van der Waals surface area contributed by atoms with Gasteiger partial charge in [-0.2, -0.15) is 0 Å². The van der Waals surface area contributed by atoms with Crippen LogP contribution in [0.15, 0.2) is 47.4 Å². The van der Waals surface area contributed by atoms with Crippen molar-refractivity contribution in [3.05, 3.63) is 69.6 Å². The Morgan fingerprint density at radius 1 is 1.23 bits per heavy atom. The molecule has 0 N–H and O–H groups in total. The predicted octanol–water partition coefficient (Wildman–Crippen LogP) is 2.38. The van der Waals surface area contributed by atoms with Gasteiger partial charge in [0.1, 0.15) is 0 Å². The van der Waals surface area contributed by atoms with E-state index in [1.165, 1.54) is 10.6 Å². The van der Waals surface area contributed by atoms with Crippen LogP contribution < -0.4 is 5.56 Å². The van der Waals surface area contributed by atoms with Crippen LogP contribution in [0, 0.1) is 0 Å². The lowest BCUT2D eigenvalue weighted by atomic mass is 9.91. The Labute approximate surface area is 130 Å². The number of sulfone groups is 1. The predicted molar refractivity (Wildman–Crippen MR) is 86.4 cm³/mol. The van der Waals surface area contributed by atoms with Gasteiger partial charge in [0, 0.05) is 19.3 Å². The van der Waals surface area contributed by atoms with Gasteiger partial charge in [-0.1, -0.05) is 24.3 Å². The molecule has 2 aromatic rings. The molecular weight excluding hydrogens is 298 g/mol. The topological polar surface area (TPSA) is 56.1 Å². The molecule has 0 radical (unpaired) electrons. The van der Waals surface area contributed by atoms with Gasteiger partial charge in [0.05, 0.1) is 11.0 Å². The normalized spacial score (nSPS) is 18.0. The largest absolute Gasteiger partial charge is 0.319 e. The SMILES string of the molecule is Cn1ccc(CS(=O)(=O)[C@H]2CCCc3ccccc32)cc1=O. The first-order valence-electron chi connectivity index (χ1n) is 7.42. The summed E-state index contributed by atoms with van der Waals surface area (Å²) in [6.07, 6.45) is 4.09. The maximum atomic E-state index is 12.8. The molecule has 0 unspecified atom stereocenters. The number of fused-ring (bicyclic) bond motifs is 1. The first kappa shape index (κ1) is 15.0. The van der Waals surface area contributed by atoms with Crippen molar-refractivity contribution < 1.29 is 8.42 Å². The van der Waals surface area contributed by atoms with Gasteiger partial charge in [-0.15, -0.1) is 0 Å². The van der Waals surface area contributed by atoms with Gasteiger partial charge in [-0.3, -0.25) is 4.79 Å². The van der Waals surface area contributed by atoms with E-state index in [2.05, 4.69) is 0 Å². The Balaban J connectivity index is 1.94. The van der Waals surface area contributed by atoms with Gasteiger partial charge in [0.25, 0.3) is 5.56 Å². The molecule has 1 aromatic heterocycles. The molecule has 0 fully saturated rings. The van der Waals surface area contributed by atoms with Gasteiger partial charge < -0.3 is 4.57 Å². The van der Waals surface area contributed by atoms with Crippen molar-refractivity contribution in [2.75, 3.05) is 0 Å². The molecule has 0 amide bonds. The van der Waals surface area contributed by atoms with Gasteiger partial charge in [0.2, 0.25) is 0 Å². The van der Waals surface area contributed by atoms with Crippen molar-refractivity contribution in [2.45, 2.75) is 30.3 Å². The lowest BCUT2D eigenvalue weighted by Crippen LogP contribution is -2.22. The van der Waals surface area contributed by atoms with Gasteiger partial charge in [-0.05, 0) is 42.0 Å². The molecule has 1 aromatic carbocycles. The van der Waals surface area contributed by atoms with Gasteiger partial charge in [-0.25, -0.2) is 8.42 Å². The smallest absolute Gasteiger partial charge is 0.250 e. The van der Waals surface area contributed by atoms with Crippen molar-refractivity contribution in [1.82, 2.24) is 4.57 Å². The van der Waals surface area contributed by atoms with Crippen molar-refractivity contribution in [1.29, 1.82) is 0 Å². The minimum Gasteiger partial charge on any atom is -0.319 e. The van der Waals surface area contributed by atoms with E-state index in [0.717, 1.165) is 24.0 Å². The third-order valence-corrected chi connectivity index (χ3v) is 6.38. The maximum Gasteiger partial charge on any atom is 0.250 e. The lowest BCUT2D eigenvalue weighted by molar-refractivity contribution is 0.559. The second kappa shape index (κ2) is 5.72. The Morgan fingerprint density at radius 2 is 2.00 bits per heavy atom. The first-order chi connectivity index (χ1) is 10.5. The minimum absolute atomic E-state index is 0.0813. The summed E-state index contributed by atoms with van der Waals surface area (Å²) < 4.78 is 27.0. The summed E-state index contributed by atoms with van der Waals surface area (Å²) in [5.74, 6) is -0.0813. The van der Waals surface area contributed by atoms with Crippen LogP contribution in [0.5, 0.6) is 0 Å². The Hall–Kier alpha value is -1.88. The number of rotatable bonds is 3. The molecule has 116 valence electrons. The zero-order valence-electron chi connectivity index (χ0n) is 12.5. The number of aryl methyl sites for hydroxylation is 2. The first-order valence-corrected chi connectivity index (χ1v) is 9.14. The Kier molecular flexibility index (Phi) is 3.91. The van der Waals surface area contributed by atoms with Crippen molar-refractivity contribution >= 4 is 9.84 Å². The summed E-state index contributed by atoms with van der Waals surface area (Å²) in [4.78, 5) is 11.7. The van der Waals surface area contributed by atoms with Crippen LogP contribution in [-0.4, -0.2) is 13.0 Å². The fourth-order valence-corrected chi connectivity index (χ4v) is 5.08. The molecule has 0 bridgehead atoms. The van der Waals surface area contributed by atoms with E-state index in [-0.39, 0.29) is 11.3 Å². The molecule has 1 aliphatic rings. The second-order valence-corrected chi connectivity index (χ2v) is 8.05. The number of hydrogen-bond donors (Lipinski definition) is 0. The summed E-state index contributed by atoms with van der Waals surface area (Å²) in [7, 11) is -1.68. The third kappa shape index (κ3) is 2.86. The molecule has 22 heavy (non-hydrogen) atoms. The number of nitrogens with zero attached hydrogens (tertiary/aromatic N) is 1. The van der Waals surface area contributed by atoms with E-state index < -0.39 is 15.1 Å². The van der Waals surface area contributed by atoms with Crippen LogP contribution in [0.4, 0.5) is 0 Å². The van der Waals surface area contributed by atoms with Crippen LogP contribution in [0.1, 0.15) is 34.8 Å². The standard InChI is InChI=1S/C17H19NO3S/c1-18-10-9-13(11-17(18)19)12-22(20,21)16-8-4-6-14-5-2-3-7-15(14)16/h2-3,5,7,9-11,16H,4,6,8,12H2,1H3/t16-/m0/s1. The molecule has 0 saturated heterocycles. The summed E-state index contributed by atoms with van der Waals surface area (Å²) >= 11 is 0. The average Bonchev–Trinajstić information content (AvgIpc) is 2.50. The van der Waals surface area contributed by atoms with Crippen molar-refractivity contribution in [3.8, 4) is 0 Å². The van der Waals surface area contributed by atoms with E-state index in [1.807, 2.05) is 24.3 Å². The maximum absolute atomic E-state index is 12.8. The molecule has 0 spiro atoms. The summed E-state index contributed by atoms with van der Waals surface area (Å²) in [6.45, 7) is 0. The molecule has 1 heterocycles. The van der Waals surface area contributed by atoms with E-state index in [4.69, 9.17) is 0 Å². The van der Waals surface area contributed by atoms with Crippen LogP contribution in [-0.2, 0) is 29.1 Å². The fraction of sp³-hybridized carbons (Fsp3) is 0.353. The quantitative estimate of drug-likeness (QED) is 0.873. The summed E-state index contributed by atoms with van der Waals surface area (Å²) in [5.41, 5.74) is 2.44. The zero-order valence-corrected chi connectivity index (χ0v) is 13.3. The number of aromatic nitrogens is 1. The van der Waals surface area contributed by atoms with Crippen LogP contribution >= 0.6 is 0 Å². The van der Waals surface area contributed by atoms with Crippen molar-refractivity contribution in [2.24, 2.45) is 7.05 Å². The minimum atomic E-state index is -3.33. The Bertz CT molecular complexity index is 852. The van der Waals surface area contributed by atoms with Crippen LogP contribution in [0.2, 0.25) is 0 Å². The molecule has 5 heteroatoms. The third-order valence-electron chi connectivity index (χ3n) is 4.28. The number of benzene rings is 1. The highest BCUT2D eigenvalue weighted by Crippen LogP contribution is 2.36. The van der Waals surface area contributed by atoms with E-state index >= 15 is 0 Å². The fourth-order valence-electron chi connectivity index (χ4n) is 3.09. The Morgan fingerprint density at radius 3 is 2.77 bits per heavy atom. The van der Waals surface area contributed by atoms with E-state index in [1.54, 1.807) is 19.3 Å².